The lowest BCUT2D eigenvalue weighted by molar-refractivity contribution is 0.0920. The van der Waals surface area contributed by atoms with Crippen LogP contribution in [0.4, 0.5) is 4.39 Å². The highest BCUT2D eigenvalue weighted by molar-refractivity contribution is 5.95. The smallest absolute Gasteiger partial charge is 0.254 e. The van der Waals surface area contributed by atoms with Crippen molar-refractivity contribution in [3.63, 3.8) is 0 Å². The molecular weight excluding hydrogens is 351 g/mol. The predicted octanol–water partition coefficient (Wildman–Crippen LogP) is 4.24. The number of fused-ring (bicyclic) bond motifs is 2. The molecule has 2 aromatic carbocycles. The van der Waals surface area contributed by atoms with Crippen molar-refractivity contribution in [1.29, 1.82) is 0 Å². The van der Waals surface area contributed by atoms with Crippen LogP contribution in [0.1, 0.15) is 41.6 Å². The maximum absolute atomic E-state index is 14.5. The van der Waals surface area contributed by atoms with Crippen LogP contribution in [0.5, 0.6) is 0 Å². The molecule has 2 aliphatic rings. The van der Waals surface area contributed by atoms with Crippen LogP contribution >= 0.6 is 12.4 Å². The fraction of sp³-hybridized carbons (Fsp3) is 0.381. The maximum Gasteiger partial charge on any atom is 0.254 e. The van der Waals surface area contributed by atoms with Crippen LogP contribution in [-0.2, 0) is 0 Å². The Balaban J connectivity index is 0.00000196. The molecule has 4 rings (SSSR count). The van der Waals surface area contributed by atoms with Crippen molar-refractivity contribution in [2.45, 2.75) is 50.7 Å². The summed E-state index contributed by atoms with van der Waals surface area (Å²) in [6, 6.07) is 13.9. The summed E-state index contributed by atoms with van der Waals surface area (Å²) in [6.07, 6.45) is 4.23. The van der Waals surface area contributed by atoms with Crippen LogP contribution in [0.3, 0.4) is 0 Å². The standard InChI is InChI=1S/C21H23FN2O.ClH/c1-13-2-4-14(5-3-13)15-6-9-19(20(22)10-15)21(25)24-18-11-16-7-8-17(12-18)23-16;/h2-6,9-10,16-18,23H,7-8,11-12H2,1H3,(H,24,25);1H. The third-order valence-electron chi connectivity index (χ3n) is 5.41. The number of hydrogen-bond acceptors (Lipinski definition) is 2. The van der Waals surface area contributed by atoms with Crippen LogP contribution < -0.4 is 10.6 Å². The zero-order valence-electron chi connectivity index (χ0n) is 14.8. The van der Waals surface area contributed by atoms with E-state index in [-0.39, 0.29) is 29.9 Å². The molecule has 2 saturated heterocycles. The number of rotatable bonds is 3. The first-order valence-electron chi connectivity index (χ1n) is 9.02. The highest BCUT2D eigenvalue weighted by atomic mass is 35.5. The van der Waals surface area contributed by atoms with E-state index in [2.05, 4.69) is 10.6 Å². The van der Waals surface area contributed by atoms with Gasteiger partial charge in [0.15, 0.2) is 0 Å². The molecule has 0 spiro atoms. The Bertz CT molecular complexity index is 781. The first-order valence-corrected chi connectivity index (χ1v) is 9.02. The molecular formula is C21H24ClFN2O. The minimum atomic E-state index is -0.465. The van der Waals surface area contributed by atoms with Crippen LogP contribution in [0.25, 0.3) is 11.1 Å². The summed E-state index contributed by atoms with van der Waals surface area (Å²) in [4.78, 5) is 12.5. The van der Waals surface area contributed by atoms with Gasteiger partial charge in [-0.2, -0.15) is 0 Å². The summed E-state index contributed by atoms with van der Waals surface area (Å²) in [7, 11) is 0. The molecule has 2 aromatic rings. The number of nitrogens with one attached hydrogen (secondary N) is 2. The van der Waals surface area contributed by atoms with E-state index in [0.717, 1.165) is 29.5 Å². The molecule has 0 aromatic heterocycles. The van der Waals surface area contributed by atoms with Crippen LogP contribution in [0.15, 0.2) is 42.5 Å². The van der Waals surface area contributed by atoms with Gasteiger partial charge in [-0.05, 0) is 55.9 Å². The summed E-state index contributed by atoms with van der Waals surface area (Å²) in [5.41, 5.74) is 3.03. The summed E-state index contributed by atoms with van der Waals surface area (Å²) in [5.74, 6) is -0.772. The minimum absolute atomic E-state index is 0. The summed E-state index contributed by atoms with van der Waals surface area (Å²) in [6.45, 7) is 2.02. The van der Waals surface area contributed by atoms with Gasteiger partial charge >= 0.3 is 0 Å². The highest BCUT2D eigenvalue weighted by Crippen LogP contribution is 2.27. The molecule has 2 heterocycles. The van der Waals surface area contributed by atoms with E-state index >= 15 is 0 Å². The van der Waals surface area contributed by atoms with Crippen molar-refractivity contribution in [1.82, 2.24) is 10.6 Å². The number of carbonyl (C=O) groups excluding carboxylic acids is 1. The minimum Gasteiger partial charge on any atom is -0.349 e. The molecule has 2 bridgehead atoms. The second-order valence-corrected chi connectivity index (χ2v) is 7.34. The van der Waals surface area contributed by atoms with Gasteiger partial charge in [-0.25, -0.2) is 4.39 Å². The Kier molecular flexibility index (Phi) is 5.64. The van der Waals surface area contributed by atoms with E-state index in [0.29, 0.717) is 12.1 Å². The molecule has 138 valence electrons. The SMILES string of the molecule is Cc1ccc(-c2ccc(C(=O)NC3CC4CCC(C3)N4)c(F)c2)cc1.Cl. The van der Waals surface area contributed by atoms with E-state index in [1.165, 1.54) is 18.9 Å². The van der Waals surface area contributed by atoms with Gasteiger partial charge in [0.1, 0.15) is 5.82 Å². The third kappa shape index (κ3) is 3.92. The predicted molar refractivity (Wildman–Crippen MR) is 104 cm³/mol. The highest BCUT2D eigenvalue weighted by Gasteiger charge is 2.34. The summed E-state index contributed by atoms with van der Waals surface area (Å²) < 4.78 is 14.5. The lowest BCUT2D eigenvalue weighted by Gasteiger charge is -2.29. The fourth-order valence-electron chi connectivity index (χ4n) is 4.06. The van der Waals surface area contributed by atoms with E-state index in [1.807, 2.05) is 37.3 Å². The molecule has 3 nitrogen and oxygen atoms in total. The maximum atomic E-state index is 14.5. The summed E-state index contributed by atoms with van der Waals surface area (Å²) in [5, 5.41) is 6.57. The Morgan fingerprint density at radius 2 is 1.65 bits per heavy atom. The van der Waals surface area contributed by atoms with E-state index < -0.39 is 5.82 Å². The van der Waals surface area contributed by atoms with Crippen molar-refractivity contribution >= 4 is 18.3 Å². The fourth-order valence-corrected chi connectivity index (χ4v) is 4.06. The van der Waals surface area contributed by atoms with Gasteiger partial charge in [0.25, 0.3) is 5.91 Å². The van der Waals surface area contributed by atoms with Crippen molar-refractivity contribution in [2.24, 2.45) is 0 Å². The van der Waals surface area contributed by atoms with Crippen LogP contribution in [0, 0.1) is 12.7 Å². The molecule has 2 N–H and O–H groups in total. The van der Waals surface area contributed by atoms with Gasteiger partial charge in [-0.1, -0.05) is 35.9 Å². The van der Waals surface area contributed by atoms with Crippen molar-refractivity contribution in [3.05, 3.63) is 59.4 Å². The first kappa shape index (κ1) is 18.9. The normalized spacial score (nSPS) is 24.0. The molecule has 5 heteroatoms. The number of halogens is 2. The van der Waals surface area contributed by atoms with Gasteiger partial charge in [-0.3, -0.25) is 4.79 Å². The molecule has 0 radical (unpaired) electrons. The van der Waals surface area contributed by atoms with Gasteiger partial charge in [0.2, 0.25) is 0 Å². The average Bonchev–Trinajstić information content (AvgIpc) is 2.94. The topological polar surface area (TPSA) is 41.1 Å². The number of aryl methyl sites for hydroxylation is 1. The Hall–Kier alpha value is -1.91. The second kappa shape index (κ2) is 7.77. The van der Waals surface area contributed by atoms with Crippen molar-refractivity contribution in [2.75, 3.05) is 0 Å². The molecule has 2 aliphatic heterocycles. The van der Waals surface area contributed by atoms with Gasteiger partial charge in [-0.15, -0.1) is 12.4 Å². The summed E-state index contributed by atoms with van der Waals surface area (Å²) >= 11 is 0. The van der Waals surface area contributed by atoms with Crippen molar-refractivity contribution in [3.8, 4) is 11.1 Å². The molecule has 26 heavy (non-hydrogen) atoms. The largest absolute Gasteiger partial charge is 0.349 e. The Labute approximate surface area is 159 Å². The van der Waals surface area contributed by atoms with E-state index in [4.69, 9.17) is 0 Å². The van der Waals surface area contributed by atoms with Gasteiger partial charge in [0, 0.05) is 18.1 Å². The molecule has 2 atom stereocenters. The number of benzene rings is 2. The number of piperidine rings is 1. The zero-order chi connectivity index (χ0) is 17.4. The van der Waals surface area contributed by atoms with E-state index in [1.54, 1.807) is 6.07 Å². The number of carbonyl (C=O) groups is 1. The monoisotopic (exact) mass is 374 g/mol. The number of amides is 1. The lowest BCUT2D eigenvalue weighted by Crippen LogP contribution is -2.48. The Morgan fingerprint density at radius 3 is 2.27 bits per heavy atom. The van der Waals surface area contributed by atoms with Crippen LogP contribution in [-0.4, -0.2) is 24.0 Å². The third-order valence-corrected chi connectivity index (χ3v) is 5.41. The first-order chi connectivity index (χ1) is 12.1. The zero-order valence-corrected chi connectivity index (χ0v) is 15.6. The second-order valence-electron chi connectivity index (χ2n) is 7.34. The molecule has 0 aliphatic carbocycles. The van der Waals surface area contributed by atoms with Gasteiger partial charge < -0.3 is 10.6 Å². The molecule has 2 unspecified atom stereocenters. The molecule has 2 fully saturated rings. The average molecular weight is 375 g/mol. The molecule has 1 amide bonds. The van der Waals surface area contributed by atoms with Gasteiger partial charge in [0.05, 0.1) is 5.56 Å². The molecule has 0 saturated carbocycles. The van der Waals surface area contributed by atoms with E-state index in [9.17, 15) is 9.18 Å². The lowest BCUT2D eigenvalue weighted by atomic mass is 9.98. The van der Waals surface area contributed by atoms with Crippen LogP contribution in [0.2, 0.25) is 0 Å². The number of hydrogen-bond donors (Lipinski definition) is 2. The van der Waals surface area contributed by atoms with Crippen molar-refractivity contribution < 1.29 is 9.18 Å². The Morgan fingerprint density at radius 1 is 1.04 bits per heavy atom. The quantitative estimate of drug-likeness (QED) is 0.843.